The molecule has 0 fully saturated rings. The lowest BCUT2D eigenvalue weighted by Gasteiger charge is -2.11. The summed E-state index contributed by atoms with van der Waals surface area (Å²) in [6.45, 7) is 1.97. The number of benzene rings is 1. The summed E-state index contributed by atoms with van der Waals surface area (Å²) >= 11 is 0. The zero-order valence-electron chi connectivity index (χ0n) is 10.9. The van der Waals surface area contributed by atoms with Crippen LogP contribution in [0.15, 0.2) is 23.0 Å². The third kappa shape index (κ3) is 1.56. The fourth-order valence-corrected chi connectivity index (χ4v) is 2.28. The van der Waals surface area contributed by atoms with Crippen molar-refractivity contribution in [3.8, 4) is 11.5 Å². The van der Waals surface area contributed by atoms with Crippen molar-refractivity contribution in [3.05, 3.63) is 34.2 Å². The minimum absolute atomic E-state index is 0.271. The van der Waals surface area contributed by atoms with E-state index in [1.807, 2.05) is 19.1 Å². The molecule has 19 heavy (non-hydrogen) atoms. The Kier molecular flexibility index (Phi) is 2.45. The molecule has 0 spiro atoms. The first-order valence-electron chi connectivity index (χ1n) is 5.78. The van der Waals surface area contributed by atoms with Crippen molar-refractivity contribution in [2.75, 3.05) is 14.2 Å². The van der Waals surface area contributed by atoms with Gasteiger partial charge in [0.15, 0.2) is 17.1 Å². The fourth-order valence-electron chi connectivity index (χ4n) is 2.28. The maximum atomic E-state index is 11.8. The Morgan fingerprint density at radius 3 is 2.53 bits per heavy atom. The van der Waals surface area contributed by atoms with Gasteiger partial charge in [0, 0.05) is 11.5 Å². The lowest BCUT2D eigenvalue weighted by Crippen LogP contribution is -2.10. The molecule has 98 valence electrons. The van der Waals surface area contributed by atoms with E-state index in [4.69, 9.17) is 9.47 Å². The van der Waals surface area contributed by atoms with Gasteiger partial charge in [0.2, 0.25) is 0 Å². The zero-order chi connectivity index (χ0) is 13.6. The van der Waals surface area contributed by atoms with Gasteiger partial charge in [-0.2, -0.15) is 5.10 Å². The Balaban J connectivity index is 2.55. The molecule has 2 heterocycles. The van der Waals surface area contributed by atoms with Crippen LogP contribution in [0.3, 0.4) is 0 Å². The highest BCUT2D eigenvalue weighted by atomic mass is 16.5. The minimum Gasteiger partial charge on any atom is -0.493 e. The highest BCUT2D eigenvalue weighted by molar-refractivity contribution is 5.88. The number of hydrogen-bond donors (Lipinski definition) is 1. The van der Waals surface area contributed by atoms with E-state index in [0.29, 0.717) is 17.1 Å². The van der Waals surface area contributed by atoms with Crippen molar-refractivity contribution >= 4 is 16.6 Å². The molecule has 0 aliphatic rings. The first-order chi connectivity index (χ1) is 9.15. The van der Waals surface area contributed by atoms with Crippen LogP contribution in [0.5, 0.6) is 11.5 Å². The standard InChI is InChI=1S/C13H13N3O3/c1-7-4-12-14-15-13(17)16(12)9-6-11(19-3)10(18-2)5-8(7)9/h4-6H,1-3H3,(H,15,17). The molecule has 0 aliphatic carbocycles. The predicted molar refractivity (Wildman–Crippen MR) is 71.2 cm³/mol. The van der Waals surface area contributed by atoms with Crippen molar-refractivity contribution in [2.24, 2.45) is 0 Å². The Morgan fingerprint density at radius 1 is 1.16 bits per heavy atom. The van der Waals surface area contributed by atoms with Gasteiger partial charge >= 0.3 is 5.69 Å². The van der Waals surface area contributed by atoms with Gasteiger partial charge < -0.3 is 9.47 Å². The summed E-state index contributed by atoms with van der Waals surface area (Å²) in [4.78, 5) is 11.8. The van der Waals surface area contributed by atoms with Crippen LogP contribution < -0.4 is 15.2 Å². The van der Waals surface area contributed by atoms with E-state index in [0.717, 1.165) is 16.5 Å². The van der Waals surface area contributed by atoms with E-state index in [9.17, 15) is 4.79 Å². The molecule has 2 aromatic heterocycles. The van der Waals surface area contributed by atoms with Crippen LogP contribution in [-0.2, 0) is 0 Å². The monoisotopic (exact) mass is 259 g/mol. The van der Waals surface area contributed by atoms with Gasteiger partial charge in [0.25, 0.3) is 0 Å². The van der Waals surface area contributed by atoms with Gasteiger partial charge in [-0.3, -0.25) is 0 Å². The lowest BCUT2D eigenvalue weighted by molar-refractivity contribution is 0.355. The molecule has 6 heteroatoms. The number of nitrogens with zero attached hydrogens (tertiary/aromatic N) is 2. The number of rotatable bonds is 2. The lowest BCUT2D eigenvalue weighted by atomic mass is 10.1. The van der Waals surface area contributed by atoms with E-state index in [1.54, 1.807) is 20.3 Å². The molecule has 0 unspecified atom stereocenters. The molecule has 0 saturated heterocycles. The third-order valence-electron chi connectivity index (χ3n) is 3.21. The van der Waals surface area contributed by atoms with Crippen LogP contribution >= 0.6 is 0 Å². The Labute approximate surface area is 108 Å². The normalized spacial score (nSPS) is 11.1. The Hall–Kier alpha value is -2.50. The highest BCUT2D eigenvalue weighted by Crippen LogP contribution is 2.33. The first kappa shape index (κ1) is 11.6. The first-order valence-corrected chi connectivity index (χ1v) is 5.78. The molecule has 6 nitrogen and oxygen atoms in total. The Bertz CT molecular complexity index is 832. The fraction of sp³-hybridized carbons (Fsp3) is 0.231. The molecule has 0 bridgehead atoms. The maximum absolute atomic E-state index is 11.8. The Morgan fingerprint density at radius 2 is 1.84 bits per heavy atom. The van der Waals surface area contributed by atoms with E-state index >= 15 is 0 Å². The van der Waals surface area contributed by atoms with Crippen molar-refractivity contribution in [2.45, 2.75) is 6.92 Å². The minimum atomic E-state index is -0.271. The summed E-state index contributed by atoms with van der Waals surface area (Å²) in [5.74, 6) is 1.21. The second kappa shape index (κ2) is 4.01. The van der Waals surface area contributed by atoms with Crippen LogP contribution in [-0.4, -0.2) is 28.8 Å². The largest absolute Gasteiger partial charge is 0.493 e. The van der Waals surface area contributed by atoms with Gasteiger partial charge in [-0.1, -0.05) is 0 Å². The van der Waals surface area contributed by atoms with Crippen molar-refractivity contribution < 1.29 is 9.47 Å². The molecule has 0 aliphatic heterocycles. The number of pyridine rings is 1. The van der Waals surface area contributed by atoms with Gasteiger partial charge in [-0.25, -0.2) is 14.3 Å². The van der Waals surface area contributed by atoms with E-state index < -0.39 is 0 Å². The molecule has 3 aromatic rings. The van der Waals surface area contributed by atoms with Crippen molar-refractivity contribution in [1.82, 2.24) is 14.6 Å². The van der Waals surface area contributed by atoms with Gasteiger partial charge in [0.05, 0.1) is 19.7 Å². The number of methoxy groups -OCH3 is 2. The zero-order valence-corrected chi connectivity index (χ0v) is 10.9. The van der Waals surface area contributed by atoms with Crippen molar-refractivity contribution in [3.63, 3.8) is 0 Å². The number of ether oxygens (including phenoxy) is 2. The number of aromatic amines is 1. The average Bonchev–Trinajstić information content (AvgIpc) is 2.78. The second-order valence-corrected chi connectivity index (χ2v) is 4.27. The summed E-state index contributed by atoms with van der Waals surface area (Å²) in [6, 6.07) is 5.50. The maximum Gasteiger partial charge on any atom is 0.348 e. The molecule has 0 saturated carbocycles. The molecule has 0 radical (unpaired) electrons. The predicted octanol–water partition coefficient (Wildman–Crippen LogP) is 1.50. The summed E-state index contributed by atoms with van der Waals surface area (Å²) in [5, 5.41) is 7.35. The third-order valence-corrected chi connectivity index (χ3v) is 3.21. The topological polar surface area (TPSA) is 68.6 Å². The van der Waals surface area contributed by atoms with Crippen LogP contribution in [0.1, 0.15) is 5.56 Å². The van der Waals surface area contributed by atoms with E-state index in [1.165, 1.54) is 4.40 Å². The van der Waals surface area contributed by atoms with Gasteiger partial charge in [-0.05, 0) is 24.6 Å². The summed E-state index contributed by atoms with van der Waals surface area (Å²) in [5.41, 5.74) is 2.07. The average molecular weight is 259 g/mol. The number of fused-ring (bicyclic) bond motifs is 3. The highest BCUT2D eigenvalue weighted by Gasteiger charge is 2.12. The van der Waals surface area contributed by atoms with Crippen molar-refractivity contribution in [1.29, 1.82) is 0 Å². The number of aryl methyl sites for hydroxylation is 1. The van der Waals surface area contributed by atoms with Gasteiger partial charge in [0.1, 0.15) is 0 Å². The smallest absolute Gasteiger partial charge is 0.348 e. The molecule has 1 N–H and O–H groups in total. The molecular weight excluding hydrogens is 246 g/mol. The second-order valence-electron chi connectivity index (χ2n) is 4.27. The van der Waals surface area contributed by atoms with E-state index in [2.05, 4.69) is 10.2 Å². The summed E-state index contributed by atoms with van der Waals surface area (Å²) < 4.78 is 12.1. The van der Waals surface area contributed by atoms with E-state index in [-0.39, 0.29) is 5.69 Å². The van der Waals surface area contributed by atoms with Crippen LogP contribution in [0.4, 0.5) is 0 Å². The number of aromatic nitrogens is 3. The number of hydrogen-bond acceptors (Lipinski definition) is 4. The quantitative estimate of drug-likeness (QED) is 0.757. The number of nitrogens with one attached hydrogen (secondary N) is 1. The van der Waals surface area contributed by atoms with Crippen LogP contribution in [0.2, 0.25) is 0 Å². The van der Waals surface area contributed by atoms with Crippen LogP contribution in [0, 0.1) is 6.92 Å². The molecular formula is C13H13N3O3. The van der Waals surface area contributed by atoms with Gasteiger partial charge in [-0.15, -0.1) is 0 Å². The van der Waals surface area contributed by atoms with Crippen LogP contribution in [0.25, 0.3) is 16.6 Å². The molecule has 3 rings (SSSR count). The summed E-state index contributed by atoms with van der Waals surface area (Å²) in [6.07, 6.45) is 0. The summed E-state index contributed by atoms with van der Waals surface area (Å²) in [7, 11) is 3.15. The SMILES string of the molecule is COc1cc2c(C)cc3n[nH]c(=O)n3c2cc1OC. The molecule has 0 amide bonds. The molecule has 0 atom stereocenters. The molecule has 1 aromatic carbocycles. The number of H-pyrrole nitrogens is 1.